The van der Waals surface area contributed by atoms with Crippen LogP contribution in [-0.2, 0) is 9.59 Å². The number of likely N-dealkylation sites (tertiary alicyclic amines) is 1. The summed E-state index contributed by atoms with van der Waals surface area (Å²) < 4.78 is 0. The van der Waals surface area contributed by atoms with E-state index in [1.807, 2.05) is 19.1 Å². The summed E-state index contributed by atoms with van der Waals surface area (Å²) in [5, 5.41) is 0. The van der Waals surface area contributed by atoms with Crippen molar-refractivity contribution in [2.24, 2.45) is 45.4 Å². The lowest BCUT2D eigenvalue weighted by molar-refractivity contribution is -0.194. The number of piperidine rings is 1. The predicted molar refractivity (Wildman–Crippen MR) is 135 cm³/mol. The Hall–Kier alpha value is -2.93. The van der Waals surface area contributed by atoms with Crippen LogP contribution in [0.25, 0.3) is 0 Å². The Kier molecular flexibility index (Phi) is 5.84. The number of hydrogen-bond acceptors (Lipinski definition) is 3. The highest BCUT2D eigenvalue weighted by Crippen LogP contribution is 2.67. The molecule has 2 amide bonds. The Bertz CT molecular complexity index is 1110. The van der Waals surface area contributed by atoms with E-state index < -0.39 is 0 Å². The molecule has 0 aromatic carbocycles. The van der Waals surface area contributed by atoms with E-state index in [2.05, 4.69) is 61.1 Å². The van der Waals surface area contributed by atoms with Crippen molar-refractivity contribution in [1.82, 2.24) is 4.90 Å². The lowest BCUT2D eigenvalue weighted by Gasteiger charge is -2.64. The Labute approximate surface area is 203 Å². The fraction of sp³-hybridized carbons (Fsp3) is 0.500. The zero-order chi connectivity index (χ0) is 23.9. The SMILES string of the molecule is C/C=N\C=C/C#CC1CCC2C(=O)N(C3=CC4C=CC=C[C@@H]4C=C3)C(=O)C3CCCC1(C)C32C. The first-order valence-corrected chi connectivity index (χ1v) is 12.7. The van der Waals surface area contributed by atoms with Crippen molar-refractivity contribution in [3.05, 3.63) is 60.5 Å². The van der Waals surface area contributed by atoms with Crippen LogP contribution < -0.4 is 0 Å². The van der Waals surface area contributed by atoms with Gasteiger partial charge in [0.1, 0.15) is 0 Å². The monoisotopic (exact) mass is 454 g/mol. The standard InChI is InChI=1S/C30H34N2O2/c1-4-31-19-8-7-12-23-15-17-26-28(34)32(24-16-14-21-10-5-6-11-22(21)20-24)27(33)25-13-9-18-29(23,2)30(25,26)3/h4-6,8,10-11,14,16,19-23,25-26H,9,13,15,17-18H2,1-3H3/b19-8-,31-4-/t21-,22?,23?,25?,26?,29?,30?/m1/s1. The van der Waals surface area contributed by atoms with Crippen LogP contribution in [0.3, 0.4) is 0 Å². The number of nitrogens with zero attached hydrogens (tertiary/aromatic N) is 2. The van der Waals surface area contributed by atoms with E-state index in [1.165, 1.54) is 0 Å². The van der Waals surface area contributed by atoms with Crippen LogP contribution >= 0.6 is 0 Å². The summed E-state index contributed by atoms with van der Waals surface area (Å²) in [4.78, 5) is 33.6. The van der Waals surface area contributed by atoms with Crippen molar-refractivity contribution in [2.45, 2.75) is 52.9 Å². The van der Waals surface area contributed by atoms with Gasteiger partial charge in [-0.15, -0.1) is 0 Å². The van der Waals surface area contributed by atoms with Crippen LogP contribution in [0.2, 0.25) is 0 Å². The molecule has 0 radical (unpaired) electrons. The van der Waals surface area contributed by atoms with E-state index in [0.29, 0.717) is 5.92 Å². The highest BCUT2D eigenvalue weighted by molar-refractivity contribution is 6.03. The molecular formula is C30H34N2O2. The van der Waals surface area contributed by atoms with Gasteiger partial charge < -0.3 is 0 Å². The third-order valence-electron chi connectivity index (χ3n) is 9.40. The highest BCUT2D eigenvalue weighted by atomic mass is 16.2. The molecule has 1 saturated heterocycles. The molecule has 1 aliphatic heterocycles. The highest BCUT2D eigenvalue weighted by Gasteiger charge is 2.67. The fourth-order valence-corrected chi connectivity index (χ4v) is 7.38. The van der Waals surface area contributed by atoms with Crippen molar-refractivity contribution in [2.75, 3.05) is 0 Å². The minimum Gasteiger partial charge on any atom is -0.274 e. The number of amides is 2. The topological polar surface area (TPSA) is 49.7 Å². The minimum atomic E-state index is -0.367. The molecular weight excluding hydrogens is 420 g/mol. The van der Waals surface area contributed by atoms with E-state index in [9.17, 15) is 9.59 Å². The third-order valence-corrected chi connectivity index (χ3v) is 9.40. The Morgan fingerprint density at radius 1 is 1.03 bits per heavy atom. The number of carbonyl (C=O) groups is 2. The molecule has 2 saturated carbocycles. The van der Waals surface area contributed by atoms with Crippen molar-refractivity contribution in [1.29, 1.82) is 0 Å². The number of hydrogen-bond donors (Lipinski definition) is 0. The smallest absolute Gasteiger partial charge is 0.237 e. The van der Waals surface area contributed by atoms with Crippen LogP contribution in [-0.4, -0.2) is 22.9 Å². The van der Waals surface area contributed by atoms with Gasteiger partial charge in [-0.05, 0) is 49.5 Å². The molecule has 3 fully saturated rings. The molecule has 176 valence electrons. The summed E-state index contributed by atoms with van der Waals surface area (Å²) >= 11 is 0. The average Bonchev–Trinajstić information content (AvgIpc) is 2.83. The molecule has 0 aromatic rings. The molecule has 4 nitrogen and oxygen atoms in total. The number of rotatable bonds is 2. The summed E-state index contributed by atoms with van der Waals surface area (Å²) in [5.41, 5.74) is 0.228. The van der Waals surface area contributed by atoms with Gasteiger partial charge in [-0.25, -0.2) is 0 Å². The fourth-order valence-electron chi connectivity index (χ4n) is 7.38. The number of fused-ring (bicyclic) bond motifs is 1. The maximum absolute atomic E-state index is 14.0. The number of carbonyl (C=O) groups excluding carboxylic acids is 2. The maximum Gasteiger partial charge on any atom is 0.237 e. The summed E-state index contributed by atoms with van der Waals surface area (Å²) in [6, 6.07) is 0. The van der Waals surface area contributed by atoms with E-state index in [-0.39, 0.29) is 46.3 Å². The lowest BCUT2D eigenvalue weighted by Crippen LogP contribution is -2.67. The molecule has 5 aliphatic rings. The second-order valence-electron chi connectivity index (χ2n) is 10.7. The molecule has 0 aromatic heterocycles. The van der Waals surface area contributed by atoms with Crippen LogP contribution in [0, 0.1) is 52.3 Å². The Morgan fingerprint density at radius 3 is 2.53 bits per heavy atom. The number of aliphatic imine (C=N–C) groups is 1. The first kappa shape index (κ1) is 22.8. The van der Waals surface area contributed by atoms with Crippen molar-refractivity contribution < 1.29 is 9.59 Å². The van der Waals surface area contributed by atoms with Crippen molar-refractivity contribution in [3.8, 4) is 11.8 Å². The van der Waals surface area contributed by atoms with Gasteiger partial charge in [0.25, 0.3) is 0 Å². The van der Waals surface area contributed by atoms with Gasteiger partial charge in [-0.3, -0.25) is 19.5 Å². The van der Waals surface area contributed by atoms with Crippen LogP contribution in [0.4, 0.5) is 0 Å². The van der Waals surface area contributed by atoms with Crippen LogP contribution in [0.15, 0.2) is 65.5 Å². The maximum atomic E-state index is 14.0. The van der Waals surface area contributed by atoms with Gasteiger partial charge in [0.2, 0.25) is 11.8 Å². The molecule has 5 rings (SSSR count). The van der Waals surface area contributed by atoms with E-state index in [0.717, 1.165) is 37.8 Å². The molecule has 0 spiro atoms. The number of imide groups is 1. The van der Waals surface area contributed by atoms with E-state index in [4.69, 9.17) is 0 Å². The zero-order valence-corrected chi connectivity index (χ0v) is 20.4. The lowest BCUT2D eigenvalue weighted by atomic mass is 9.40. The molecule has 1 heterocycles. The van der Waals surface area contributed by atoms with Gasteiger partial charge >= 0.3 is 0 Å². The second-order valence-corrected chi connectivity index (χ2v) is 10.7. The molecule has 0 bridgehead atoms. The first-order chi connectivity index (χ1) is 16.4. The number of allylic oxidation sites excluding steroid dienone is 8. The quantitative estimate of drug-likeness (QED) is 0.309. The zero-order valence-electron chi connectivity index (χ0n) is 20.4. The van der Waals surface area contributed by atoms with Crippen molar-refractivity contribution in [3.63, 3.8) is 0 Å². The Morgan fingerprint density at radius 2 is 1.76 bits per heavy atom. The molecule has 4 aliphatic carbocycles. The molecule has 34 heavy (non-hydrogen) atoms. The predicted octanol–water partition coefficient (Wildman–Crippen LogP) is 5.61. The van der Waals surface area contributed by atoms with E-state index in [1.54, 1.807) is 23.4 Å². The molecule has 0 N–H and O–H groups in total. The van der Waals surface area contributed by atoms with Crippen molar-refractivity contribution >= 4 is 18.0 Å². The van der Waals surface area contributed by atoms with Gasteiger partial charge in [-0.1, -0.05) is 68.6 Å². The van der Waals surface area contributed by atoms with Gasteiger partial charge in [0, 0.05) is 53.8 Å². The van der Waals surface area contributed by atoms with Gasteiger partial charge in [0.15, 0.2) is 0 Å². The summed E-state index contributed by atoms with van der Waals surface area (Å²) in [5.74, 6) is 7.04. The molecule has 4 heteroatoms. The van der Waals surface area contributed by atoms with Crippen LogP contribution in [0.1, 0.15) is 52.9 Å². The third kappa shape index (κ3) is 3.32. The summed E-state index contributed by atoms with van der Waals surface area (Å²) in [6.45, 7) is 6.39. The molecule has 6 unspecified atom stereocenters. The van der Waals surface area contributed by atoms with E-state index >= 15 is 0 Å². The summed E-state index contributed by atoms with van der Waals surface area (Å²) in [7, 11) is 0. The Balaban J connectivity index is 1.48. The van der Waals surface area contributed by atoms with Crippen LogP contribution in [0.5, 0.6) is 0 Å². The minimum absolute atomic E-state index is 0.00913. The largest absolute Gasteiger partial charge is 0.274 e. The van der Waals surface area contributed by atoms with Gasteiger partial charge in [-0.2, -0.15) is 0 Å². The average molecular weight is 455 g/mol. The summed E-state index contributed by atoms with van der Waals surface area (Å²) in [6.07, 6.45) is 24.4. The first-order valence-electron chi connectivity index (χ1n) is 12.7. The molecule has 7 atom stereocenters. The van der Waals surface area contributed by atoms with Gasteiger partial charge in [0.05, 0.1) is 0 Å². The normalized spacial score (nSPS) is 40.7. The second kappa shape index (κ2) is 8.69.